The molecule has 3 nitrogen and oxygen atoms in total. The average Bonchev–Trinajstić information content (AvgIpc) is 2.21. The molecule has 0 atom stereocenters. The number of hydrogen-bond donors (Lipinski definition) is 1. The standard InChI is InChI=1S/C11H14ClIN2O/c1-15(2)6-5-14-11(16)9-7-8(12)3-4-10(9)13/h3-4,7H,5-6H2,1-2H3,(H,14,16). The van der Waals surface area contributed by atoms with E-state index in [9.17, 15) is 4.79 Å². The van der Waals surface area contributed by atoms with Crippen molar-refractivity contribution in [2.24, 2.45) is 0 Å². The van der Waals surface area contributed by atoms with E-state index in [1.807, 2.05) is 25.1 Å². The predicted octanol–water partition coefficient (Wildman–Crippen LogP) is 2.24. The van der Waals surface area contributed by atoms with Gasteiger partial charge in [-0.3, -0.25) is 4.79 Å². The Morgan fingerprint density at radius 3 is 2.81 bits per heavy atom. The Hall–Kier alpha value is -0.330. The molecule has 1 amide bonds. The third-order valence-electron chi connectivity index (χ3n) is 2.02. The first-order valence-corrected chi connectivity index (χ1v) is 6.34. The van der Waals surface area contributed by atoms with Crippen LogP contribution in [0.4, 0.5) is 0 Å². The van der Waals surface area contributed by atoms with Crippen molar-refractivity contribution in [3.05, 3.63) is 32.4 Å². The van der Waals surface area contributed by atoms with Crippen LogP contribution in [0.15, 0.2) is 18.2 Å². The van der Waals surface area contributed by atoms with Crippen LogP contribution >= 0.6 is 34.2 Å². The number of halogens is 2. The Morgan fingerprint density at radius 2 is 2.19 bits per heavy atom. The third kappa shape index (κ3) is 4.27. The number of likely N-dealkylation sites (N-methyl/N-ethyl adjacent to an activating group) is 1. The van der Waals surface area contributed by atoms with Crippen molar-refractivity contribution in [1.82, 2.24) is 10.2 Å². The Kier molecular flexibility index (Phi) is 5.51. The van der Waals surface area contributed by atoms with Crippen LogP contribution < -0.4 is 5.32 Å². The van der Waals surface area contributed by atoms with Crippen LogP contribution in [-0.4, -0.2) is 38.0 Å². The number of nitrogens with zero attached hydrogens (tertiary/aromatic N) is 1. The molecule has 5 heteroatoms. The molecule has 0 aliphatic rings. The molecule has 0 bridgehead atoms. The molecule has 0 spiro atoms. The summed E-state index contributed by atoms with van der Waals surface area (Å²) < 4.78 is 0.907. The first-order valence-electron chi connectivity index (χ1n) is 4.88. The largest absolute Gasteiger partial charge is 0.351 e. The molecule has 0 saturated carbocycles. The Bertz CT molecular complexity index is 382. The van der Waals surface area contributed by atoms with Crippen molar-refractivity contribution >= 4 is 40.1 Å². The highest BCUT2D eigenvalue weighted by Crippen LogP contribution is 2.17. The zero-order valence-electron chi connectivity index (χ0n) is 9.26. The Balaban J connectivity index is 2.62. The van der Waals surface area contributed by atoms with Gasteiger partial charge in [0.05, 0.1) is 5.56 Å². The molecule has 1 N–H and O–H groups in total. The maximum Gasteiger partial charge on any atom is 0.252 e. The number of nitrogens with one attached hydrogen (secondary N) is 1. The molecule has 1 aromatic carbocycles. The molecule has 1 aromatic rings. The highest BCUT2D eigenvalue weighted by atomic mass is 127. The predicted molar refractivity (Wildman–Crippen MR) is 75.1 cm³/mol. The van der Waals surface area contributed by atoms with Gasteiger partial charge < -0.3 is 10.2 Å². The van der Waals surface area contributed by atoms with Crippen molar-refractivity contribution in [2.45, 2.75) is 0 Å². The van der Waals surface area contributed by atoms with E-state index < -0.39 is 0 Å². The van der Waals surface area contributed by atoms with Gasteiger partial charge in [-0.05, 0) is 54.9 Å². The summed E-state index contributed by atoms with van der Waals surface area (Å²) in [4.78, 5) is 13.8. The fourth-order valence-corrected chi connectivity index (χ4v) is 1.91. The van der Waals surface area contributed by atoms with E-state index >= 15 is 0 Å². The number of benzene rings is 1. The Labute approximate surface area is 114 Å². The fraction of sp³-hybridized carbons (Fsp3) is 0.364. The van der Waals surface area contributed by atoms with E-state index in [2.05, 4.69) is 27.9 Å². The van der Waals surface area contributed by atoms with Crippen LogP contribution in [0, 0.1) is 3.57 Å². The quantitative estimate of drug-likeness (QED) is 0.843. The van der Waals surface area contributed by atoms with Crippen LogP contribution in [0.2, 0.25) is 5.02 Å². The van der Waals surface area contributed by atoms with E-state index in [1.54, 1.807) is 12.1 Å². The van der Waals surface area contributed by atoms with E-state index in [0.717, 1.165) is 10.1 Å². The molecule has 0 fully saturated rings. The maximum atomic E-state index is 11.8. The minimum absolute atomic E-state index is 0.0752. The second-order valence-electron chi connectivity index (χ2n) is 3.68. The van der Waals surface area contributed by atoms with Crippen LogP contribution in [-0.2, 0) is 0 Å². The highest BCUT2D eigenvalue weighted by Gasteiger charge is 2.09. The smallest absolute Gasteiger partial charge is 0.252 e. The molecule has 16 heavy (non-hydrogen) atoms. The van der Waals surface area contributed by atoms with Gasteiger partial charge in [0.2, 0.25) is 0 Å². The zero-order valence-corrected chi connectivity index (χ0v) is 12.2. The van der Waals surface area contributed by atoms with Crippen LogP contribution in [0.1, 0.15) is 10.4 Å². The molecule has 0 radical (unpaired) electrons. The monoisotopic (exact) mass is 352 g/mol. The summed E-state index contributed by atoms with van der Waals surface area (Å²) in [6.07, 6.45) is 0. The summed E-state index contributed by atoms with van der Waals surface area (Å²) in [5.74, 6) is -0.0752. The van der Waals surface area contributed by atoms with Gasteiger partial charge in [-0.2, -0.15) is 0 Å². The van der Waals surface area contributed by atoms with Gasteiger partial charge >= 0.3 is 0 Å². The second-order valence-corrected chi connectivity index (χ2v) is 5.28. The van der Waals surface area contributed by atoms with Crippen molar-refractivity contribution in [3.63, 3.8) is 0 Å². The number of amides is 1. The normalized spacial score (nSPS) is 10.6. The second kappa shape index (κ2) is 6.42. The third-order valence-corrected chi connectivity index (χ3v) is 3.19. The van der Waals surface area contributed by atoms with Gasteiger partial charge in [0.15, 0.2) is 0 Å². The van der Waals surface area contributed by atoms with Crippen molar-refractivity contribution in [1.29, 1.82) is 0 Å². The lowest BCUT2D eigenvalue weighted by Crippen LogP contribution is -2.31. The number of rotatable bonds is 4. The first kappa shape index (κ1) is 13.7. The lowest BCUT2D eigenvalue weighted by Gasteiger charge is -2.11. The molecule has 0 heterocycles. The first-order chi connectivity index (χ1) is 7.50. The molecular formula is C11H14ClIN2O. The average molecular weight is 353 g/mol. The molecule has 0 aromatic heterocycles. The molecule has 0 unspecified atom stereocenters. The lowest BCUT2D eigenvalue weighted by molar-refractivity contribution is 0.0950. The summed E-state index contributed by atoms with van der Waals surface area (Å²) in [6.45, 7) is 1.46. The summed E-state index contributed by atoms with van der Waals surface area (Å²) in [6, 6.07) is 5.30. The van der Waals surface area contributed by atoms with Gasteiger partial charge in [0, 0.05) is 21.7 Å². The lowest BCUT2D eigenvalue weighted by atomic mass is 10.2. The fourth-order valence-electron chi connectivity index (χ4n) is 1.16. The zero-order chi connectivity index (χ0) is 12.1. The summed E-state index contributed by atoms with van der Waals surface area (Å²) in [7, 11) is 3.94. The minimum Gasteiger partial charge on any atom is -0.351 e. The van der Waals surface area contributed by atoms with Gasteiger partial charge in [-0.25, -0.2) is 0 Å². The van der Waals surface area contributed by atoms with Crippen LogP contribution in [0.5, 0.6) is 0 Å². The highest BCUT2D eigenvalue weighted by molar-refractivity contribution is 14.1. The SMILES string of the molecule is CN(C)CCNC(=O)c1cc(Cl)ccc1I. The van der Waals surface area contributed by atoms with E-state index in [4.69, 9.17) is 11.6 Å². The maximum absolute atomic E-state index is 11.8. The summed E-state index contributed by atoms with van der Waals surface area (Å²) in [5, 5.41) is 3.44. The van der Waals surface area contributed by atoms with Gasteiger partial charge in [0.1, 0.15) is 0 Å². The topological polar surface area (TPSA) is 32.3 Å². The Morgan fingerprint density at radius 1 is 1.50 bits per heavy atom. The molecule has 1 rings (SSSR count). The van der Waals surface area contributed by atoms with Crippen LogP contribution in [0.25, 0.3) is 0 Å². The van der Waals surface area contributed by atoms with E-state index in [1.165, 1.54) is 0 Å². The van der Waals surface area contributed by atoms with Gasteiger partial charge in [0.25, 0.3) is 5.91 Å². The molecular weight excluding hydrogens is 338 g/mol. The van der Waals surface area contributed by atoms with Crippen molar-refractivity contribution in [3.8, 4) is 0 Å². The minimum atomic E-state index is -0.0752. The summed E-state index contributed by atoms with van der Waals surface area (Å²) in [5.41, 5.74) is 0.631. The van der Waals surface area contributed by atoms with Gasteiger partial charge in [-0.15, -0.1) is 0 Å². The van der Waals surface area contributed by atoms with Crippen LogP contribution in [0.3, 0.4) is 0 Å². The van der Waals surface area contributed by atoms with E-state index in [0.29, 0.717) is 17.1 Å². The number of hydrogen-bond acceptors (Lipinski definition) is 2. The van der Waals surface area contributed by atoms with E-state index in [-0.39, 0.29) is 5.91 Å². The van der Waals surface area contributed by atoms with Crippen molar-refractivity contribution < 1.29 is 4.79 Å². The van der Waals surface area contributed by atoms with Crippen molar-refractivity contribution in [2.75, 3.05) is 27.2 Å². The van der Waals surface area contributed by atoms with Gasteiger partial charge in [-0.1, -0.05) is 11.6 Å². The molecule has 0 saturated heterocycles. The molecule has 88 valence electrons. The molecule has 0 aliphatic heterocycles. The number of carbonyl (C=O) groups excluding carboxylic acids is 1. The number of carbonyl (C=O) groups is 1. The summed E-state index contributed by atoms with van der Waals surface area (Å²) >= 11 is 7.98. The molecule has 0 aliphatic carbocycles.